The molecule has 0 N–H and O–H groups in total. The van der Waals surface area contributed by atoms with E-state index in [1.54, 1.807) is 0 Å². The predicted octanol–water partition coefficient (Wildman–Crippen LogP) is 2.43. The van der Waals surface area contributed by atoms with E-state index in [0.717, 1.165) is 16.7 Å². The number of aryl methyl sites for hydroxylation is 1. The van der Waals surface area contributed by atoms with Gasteiger partial charge in [-0.3, -0.25) is 0 Å². The van der Waals surface area contributed by atoms with E-state index in [9.17, 15) is 0 Å². The van der Waals surface area contributed by atoms with E-state index in [1.807, 2.05) is 11.6 Å². The lowest BCUT2D eigenvalue weighted by Gasteiger charge is -2.18. The van der Waals surface area contributed by atoms with Crippen LogP contribution >= 0.6 is 11.5 Å². The first-order valence-electron chi connectivity index (χ1n) is 4.70. The summed E-state index contributed by atoms with van der Waals surface area (Å²) in [5.74, 6) is 0. The third kappa shape index (κ3) is 1.41. The molecule has 0 aliphatic carbocycles. The largest absolute Gasteiger partial charge is 0.241 e. The molecule has 0 saturated carbocycles. The lowest BCUT2D eigenvalue weighted by atomic mass is 10.1. The molecule has 2 rings (SSSR count). The van der Waals surface area contributed by atoms with Crippen LogP contribution in [0.3, 0.4) is 0 Å². The van der Waals surface area contributed by atoms with E-state index in [4.69, 9.17) is 5.26 Å². The van der Waals surface area contributed by atoms with Gasteiger partial charge in [0.1, 0.15) is 10.9 Å². The van der Waals surface area contributed by atoms with Gasteiger partial charge in [0, 0.05) is 0 Å². The molecule has 4 nitrogen and oxygen atoms in total. The highest BCUT2D eigenvalue weighted by atomic mass is 32.1. The van der Waals surface area contributed by atoms with Gasteiger partial charge >= 0.3 is 0 Å². The summed E-state index contributed by atoms with van der Waals surface area (Å²) in [6.45, 7) is 8.14. The van der Waals surface area contributed by atoms with Gasteiger partial charge in [-0.15, -0.1) is 0 Å². The van der Waals surface area contributed by atoms with Crippen LogP contribution in [0.5, 0.6) is 0 Å². The van der Waals surface area contributed by atoms with Crippen LogP contribution in [0.1, 0.15) is 31.3 Å². The zero-order valence-corrected chi connectivity index (χ0v) is 10.0. The Bertz CT molecular complexity index is 550. The van der Waals surface area contributed by atoms with Crippen LogP contribution in [0.15, 0.2) is 0 Å². The molecule has 0 aliphatic heterocycles. The fourth-order valence-electron chi connectivity index (χ4n) is 1.54. The minimum atomic E-state index is -0.104. The first-order valence-corrected chi connectivity index (χ1v) is 5.48. The fourth-order valence-corrected chi connectivity index (χ4v) is 2.26. The van der Waals surface area contributed by atoms with Gasteiger partial charge in [0.05, 0.1) is 16.6 Å². The van der Waals surface area contributed by atoms with Gasteiger partial charge in [-0.25, -0.2) is 4.68 Å². The van der Waals surface area contributed by atoms with Gasteiger partial charge in [0.2, 0.25) is 0 Å². The second kappa shape index (κ2) is 3.04. The molecule has 78 valence electrons. The standard InChI is InChI=1S/C10H12N4S/c1-6-8-7(5-11)15-13-9(8)14(12-6)10(2,3)4/h1-4H3. The van der Waals surface area contributed by atoms with E-state index in [2.05, 4.69) is 36.3 Å². The molecule has 2 aromatic rings. The van der Waals surface area contributed by atoms with Gasteiger partial charge in [0.15, 0.2) is 5.65 Å². The first-order chi connectivity index (χ1) is 6.95. The molecule has 0 amide bonds. The third-order valence-corrected chi connectivity index (χ3v) is 2.97. The smallest absolute Gasteiger partial charge is 0.173 e. The molecule has 0 atom stereocenters. The van der Waals surface area contributed by atoms with E-state index in [0.29, 0.717) is 4.88 Å². The molecule has 5 heteroatoms. The summed E-state index contributed by atoms with van der Waals surface area (Å²) in [6.07, 6.45) is 0. The minimum absolute atomic E-state index is 0.104. The number of hydrogen-bond acceptors (Lipinski definition) is 4. The lowest BCUT2D eigenvalue weighted by Crippen LogP contribution is -2.23. The number of fused-ring (bicyclic) bond motifs is 1. The maximum atomic E-state index is 8.94. The summed E-state index contributed by atoms with van der Waals surface area (Å²) in [4.78, 5) is 0.651. The number of rotatable bonds is 0. The van der Waals surface area contributed by atoms with Gasteiger partial charge < -0.3 is 0 Å². The molecule has 0 saturated heterocycles. The van der Waals surface area contributed by atoms with Crippen molar-refractivity contribution in [2.75, 3.05) is 0 Å². The van der Waals surface area contributed by atoms with Gasteiger partial charge in [0.25, 0.3) is 0 Å². The Morgan fingerprint density at radius 3 is 2.60 bits per heavy atom. The van der Waals surface area contributed by atoms with Crippen LogP contribution in [-0.2, 0) is 5.54 Å². The summed E-state index contributed by atoms with van der Waals surface area (Å²) in [7, 11) is 0. The summed E-state index contributed by atoms with van der Waals surface area (Å²) in [5.41, 5.74) is 1.60. The van der Waals surface area contributed by atoms with Gasteiger partial charge in [-0.2, -0.15) is 14.7 Å². The van der Waals surface area contributed by atoms with E-state index in [1.165, 1.54) is 11.5 Å². The van der Waals surface area contributed by atoms with Crippen molar-refractivity contribution in [2.45, 2.75) is 33.2 Å². The summed E-state index contributed by atoms with van der Waals surface area (Å²) in [6, 6.07) is 2.16. The maximum Gasteiger partial charge on any atom is 0.173 e. The van der Waals surface area contributed by atoms with Crippen LogP contribution in [0.4, 0.5) is 0 Å². The Hall–Kier alpha value is -1.41. The molecule has 0 radical (unpaired) electrons. The second-order valence-electron chi connectivity index (χ2n) is 4.49. The van der Waals surface area contributed by atoms with Crippen molar-refractivity contribution >= 4 is 22.6 Å². The second-order valence-corrected chi connectivity index (χ2v) is 5.26. The molecule has 0 bridgehead atoms. The highest BCUT2D eigenvalue weighted by Crippen LogP contribution is 2.28. The molecule has 2 heterocycles. The quantitative estimate of drug-likeness (QED) is 0.685. The maximum absolute atomic E-state index is 8.94. The van der Waals surface area contributed by atoms with Crippen molar-refractivity contribution in [3.63, 3.8) is 0 Å². The van der Waals surface area contributed by atoms with Gasteiger partial charge in [-0.05, 0) is 39.2 Å². The molecular weight excluding hydrogens is 208 g/mol. The summed E-state index contributed by atoms with van der Waals surface area (Å²) >= 11 is 1.24. The number of nitrogens with zero attached hydrogens (tertiary/aromatic N) is 4. The van der Waals surface area contributed by atoms with E-state index < -0.39 is 0 Å². The molecule has 0 fully saturated rings. The zero-order chi connectivity index (χ0) is 11.2. The summed E-state index contributed by atoms with van der Waals surface area (Å²) in [5, 5.41) is 14.3. The van der Waals surface area contributed by atoms with Crippen molar-refractivity contribution in [1.29, 1.82) is 5.26 Å². The van der Waals surface area contributed by atoms with Gasteiger partial charge in [-0.1, -0.05) is 0 Å². The molecular formula is C10H12N4S. The Labute approximate surface area is 92.3 Å². The van der Waals surface area contributed by atoms with E-state index >= 15 is 0 Å². The molecule has 0 spiro atoms. The average molecular weight is 220 g/mol. The normalized spacial score (nSPS) is 11.9. The van der Waals surface area contributed by atoms with Crippen molar-refractivity contribution in [1.82, 2.24) is 14.2 Å². The molecule has 0 aromatic carbocycles. The average Bonchev–Trinajstić information content (AvgIpc) is 2.65. The minimum Gasteiger partial charge on any atom is -0.241 e. The number of hydrogen-bond donors (Lipinski definition) is 0. The topological polar surface area (TPSA) is 54.5 Å². The SMILES string of the molecule is Cc1nn(C(C)(C)C)c2nsc(C#N)c12. The van der Waals surface area contributed by atoms with Crippen LogP contribution in [0.25, 0.3) is 11.0 Å². The van der Waals surface area contributed by atoms with Crippen LogP contribution < -0.4 is 0 Å². The Morgan fingerprint density at radius 2 is 2.07 bits per heavy atom. The van der Waals surface area contributed by atoms with Crippen molar-refractivity contribution in [2.24, 2.45) is 0 Å². The third-order valence-electron chi connectivity index (χ3n) is 2.22. The molecule has 0 aliphatic rings. The van der Waals surface area contributed by atoms with Crippen molar-refractivity contribution in [3.8, 4) is 6.07 Å². The first kappa shape index (κ1) is 10.1. The van der Waals surface area contributed by atoms with Crippen LogP contribution in [0.2, 0.25) is 0 Å². The Kier molecular flexibility index (Phi) is 2.05. The predicted molar refractivity (Wildman–Crippen MR) is 59.9 cm³/mol. The number of nitriles is 1. The number of aromatic nitrogens is 3. The molecule has 15 heavy (non-hydrogen) atoms. The lowest BCUT2D eigenvalue weighted by molar-refractivity contribution is 0.365. The highest BCUT2D eigenvalue weighted by molar-refractivity contribution is 7.07. The molecule has 0 unspecified atom stereocenters. The monoisotopic (exact) mass is 220 g/mol. The highest BCUT2D eigenvalue weighted by Gasteiger charge is 2.22. The van der Waals surface area contributed by atoms with E-state index in [-0.39, 0.29) is 5.54 Å². The van der Waals surface area contributed by atoms with Crippen LogP contribution in [0, 0.1) is 18.3 Å². The Morgan fingerprint density at radius 1 is 1.40 bits per heavy atom. The summed E-state index contributed by atoms with van der Waals surface area (Å²) < 4.78 is 6.18. The zero-order valence-electron chi connectivity index (χ0n) is 9.20. The fraction of sp³-hybridized carbons (Fsp3) is 0.500. The molecule has 2 aromatic heterocycles. The van der Waals surface area contributed by atoms with Crippen LogP contribution in [-0.4, -0.2) is 14.2 Å². The van der Waals surface area contributed by atoms with Crippen molar-refractivity contribution < 1.29 is 0 Å². The van der Waals surface area contributed by atoms with Crippen molar-refractivity contribution in [3.05, 3.63) is 10.6 Å². The Balaban J connectivity index is 2.82.